The lowest BCUT2D eigenvalue weighted by molar-refractivity contribution is -0.146. The van der Waals surface area contributed by atoms with Gasteiger partial charge in [0.2, 0.25) is 5.91 Å². The van der Waals surface area contributed by atoms with Gasteiger partial charge in [0.05, 0.1) is 25.0 Å². The highest BCUT2D eigenvalue weighted by atomic mass is 16.5. The Kier molecular flexibility index (Phi) is 7.43. The number of hydrogen-bond acceptors (Lipinski definition) is 4. The topological polar surface area (TPSA) is 84.9 Å². The van der Waals surface area contributed by atoms with Crippen LogP contribution < -0.4 is 5.32 Å². The molecule has 2 atom stereocenters. The van der Waals surface area contributed by atoms with Crippen LogP contribution >= 0.6 is 0 Å². The first-order valence-electron chi connectivity index (χ1n) is 6.74. The molecule has 0 aliphatic heterocycles. The molecule has 0 radical (unpaired) electrons. The molecule has 1 amide bonds. The summed E-state index contributed by atoms with van der Waals surface area (Å²) in [5.74, 6) is -1.88. The Hall–Kier alpha value is -1.14. The van der Waals surface area contributed by atoms with Crippen LogP contribution in [0.25, 0.3) is 0 Å². The molecule has 0 saturated heterocycles. The zero-order chi connectivity index (χ0) is 14.1. The predicted molar refractivity (Wildman–Crippen MR) is 68.8 cm³/mol. The molecule has 0 heterocycles. The van der Waals surface area contributed by atoms with Crippen molar-refractivity contribution < 1.29 is 24.2 Å². The minimum Gasteiger partial charge on any atom is -0.481 e. The Balaban J connectivity index is 2.12. The standard InChI is InChI=1S/C13H23NO5/c1-18-8-9-19-7-3-6-14-12(15)10-4-2-5-11(10)13(16)17/h10-11H,2-9H2,1H3,(H,14,15)(H,16,17)/t10-,11+/m1/s1. The predicted octanol–water partition coefficient (Wildman–Crippen LogP) is 0.657. The molecule has 0 aromatic carbocycles. The molecule has 0 aromatic heterocycles. The van der Waals surface area contributed by atoms with E-state index in [0.29, 0.717) is 39.2 Å². The number of rotatable bonds is 9. The van der Waals surface area contributed by atoms with Crippen LogP contribution in [0.15, 0.2) is 0 Å². The third-order valence-electron chi connectivity index (χ3n) is 3.37. The van der Waals surface area contributed by atoms with Gasteiger partial charge in [0, 0.05) is 20.3 Å². The lowest BCUT2D eigenvalue weighted by atomic mass is 9.95. The van der Waals surface area contributed by atoms with E-state index >= 15 is 0 Å². The maximum Gasteiger partial charge on any atom is 0.307 e. The van der Waals surface area contributed by atoms with E-state index in [1.807, 2.05) is 0 Å². The zero-order valence-corrected chi connectivity index (χ0v) is 11.4. The Morgan fingerprint density at radius 3 is 2.63 bits per heavy atom. The van der Waals surface area contributed by atoms with Crippen molar-refractivity contribution in [3.63, 3.8) is 0 Å². The van der Waals surface area contributed by atoms with E-state index in [4.69, 9.17) is 14.6 Å². The molecule has 1 aliphatic rings. The third-order valence-corrected chi connectivity index (χ3v) is 3.37. The summed E-state index contributed by atoms with van der Waals surface area (Å²) in [6.45, 7) is 2.20. The van der Waals surface area contributed by atoms with Crippen molar-refractivity contribution in [3.8, 4) is 0 Å². The van der Waals surface area contributed by atoms with Crippen molar-refractivity contribution in [3.05, 3.63) is 0 Å². The molecule has 19 heavy (non-hydrogen) atoms. The first kappa shape index (κ1) is 15.9. The van der Waals surface area contributed by atoms with Crippen molar-refractivity contribution in [1.82, 2.24) is 5.32 Å². The summed E-state index contributed by atoms with van der Waals surface area (Å²) in [6, 6.07) is 0. The molecule has 0 bridgehead atoms. The van der Waals surface area contributed by atoms with E-state index in [2.05, 4.69) is 5.32 Å². The lowest BCUT2D eigenvalue weighted by Gasteiger charge is -2.15. The van der Waals surface area contributed by atoms with Crippen molar-refractivity contribution in [2.24, 2.45) is 11.8 Å². The summed E-state index contributed by atoms with van der Waals surface area (Å²) in [7, 11) is 1.62. The largest absolute Gasteiger partial charge is 0.481 e. The number of carbonyl (C=O) groups is 2. The lowest BCUT2D eigenvalue weighted by Crippen LogP contribution is -2.36. The molecule has 0 spiro atoms. The van der Waals surface area contributed by atoms with Crippen molar-refractivity contribution >= 4 is 11.9 Å². The van der Waals surface area contributed by atoms with Crippen LogP contribution in [-0.4, -0.2) is 50.5 Å². The molecule has 6 nitrogen and oxygen atoms in total. The van der Waals surface area contributed by atoms with Gasteiger partial charge in [-0.1, -0.05) is 6.42 Å². The van der Waals surface area contributed by atoms with Crippen molar-refractivity contribution in [2.75, 3.05) is 33.5 Å². The van der Waals surface area contributed by atoms with Gasteiger partial charge in [0.1, 0.15) is 0 Å². The van der Waals surface area contributed by atoms with Gasteiger partial charge < -0.3 is 19.9 Å². The van der Waals surface area contributed by atoms with E-state index in [0.717, 1.165) is 12.8 Å². The Labute approximate surface area is 113 Å². The van der Waals surface area contributed by atoms with Gasteiger partial charge in [0.15, 0.2) is 0 Å². The van der Waals surface area contributed by atoms with Gasteiger partial charge in [-0.15, -0.1) is 0 Å². The SMILES string of the molecule is COCCOCCCNC(=O)[C@@H]1CCC[C@@H]1C(=O)O. The molecule has 1 saturated carbocycles. The summed E-state index contributed by atoms with van der Waals surface area (Å²) in [5.41, 5.74) is 0. The quantitative estimate of drug-likeness (QED) is 0.603. The van der Waals surface area contributed by atoms with Crippen LogP contribution in [0.1, 0.15) is 25.7 Å². The highest BCUT2D eigenvalue weighted by Crippen LogP contribution is 2.31. The molecule has 0 unspecified atom stereocenters. The second-order valence-electron chi connectivity index (χ2n) is 4.73. The fourth-order valence-electron chi connectivity index (χ4n) is 2.33. The summed E-state index contributed by atoms with van der Waals surface area (Å²) >= 11 is 0. The Morgan fingerprint density at radius 2 is 1.95 bits per heavy atom. The van der Waals surface area contributed by atoms with Crippen LogP contribution in [-0.2, 0) is 19.1 Å². The van der Waals surface area contributed by atoms with E-state index in [1.54, 1.807) is 7.11 Å². The van der Waals surface area contributed by atoms with Crippen LogP contribution in [0.5, 0.6) is 0 Å². The van der Waals surface area contributed by atoms with Crippen LogP contribution in [0.4, 0.5) is 0 Å². The van der Waals surface area contributed by atoms with Crippen molar-refractivity contribution in [1.29, 1.82) is 0 Å². The number of amides is 1. The fraction of sp³-hybridized carbons (Fsp3) is 0.846. The normalized spacial score (nSPS) is 22.4. The number of aliphatic carboxylic acids is 1. The first-order chi connectivity index (χ1) is 9.16. The Morgan fingerprint density at radius 1 is 1.21 bits per heavy atom. The number of carboxylic acid groups (broad SMARTS) is 1. The number of carbonyl (C=O) groups excluding carboxylic acids is 1. The zero-order valence-electron chi connectivity index (χ0n) is 11.4. The monoisotopic (exact) mass is 273 g/mol. The molecule has 1 aliphatic carbocycles. The third kappa shape index (κ3) is 5.57. The molecule has 6 heteroatoms. The summed E-state index contributed by atoms with van der Waals surface area (Å²) in [6.07, 6.45) is 2.82. The number of hydrogen-bond donors (Lipinski definition) is 2. The highest BCUT2D eigenvalue weighted by Gasteiger charge is 2.37. The van der Waals surface area contributed by atoms with E-state index in [9.17, 15) is 9.59 Å². The number of ether oxygens (including phenoxy) is 2. The molecule has 2 N–H and O–H groups in total. The molecule has 0 aromatic rings. The van der Waals surface area contributed by atoms with Gasteiger partial charge in [-0.25, -0.2) is 0 Å². The molecule has 1 fully saturated rings. The van der Waals surface area contributed by atoms with Gasteiger partial charge in [-0.3, -0.25) is 9.59 Å². The number of carboxylic acids is 1. The van der Waals surface area contributed by atoms with Crippen LogP contribution in [0.3, 0.4) is 0 Å². The fourth-order valence-corrected chi connectivity index (χ4v) is 2.33. The average Bonchev–Trinajstić information content (AvgIpc) is 2.87. The van der Waals surface area contributed by atoms with Crippen molar-refractivity contribution in [2.45, 2.75) is 25.7 Å². The average molecular weight is 273 g/mol. The van der Waals surface area contributed by atoms with Gasteiger partial charge in [-0.2, -0.15) is 0 Å². The molecule has 1 rings (SSSR count). The molecular formula is C13H23NO5. The number of nitrogens with one attached hydrogen (secondary N) is 1. The summed E-state index contributed by atoms with van der Waals surface area (Å²) in [5, 5.41) is 11.8. The minimum atomic E-state index is -0.861. The van der Waals surface area contributed by atoms with Gasteiger partial charge in [0.25, 0.3) is 0 Å². The molecule has 110 valence electrons. The van der Waals surface area contributed by atoms with E-state index in [1.165, 1.54) is 0 Å². The maximum absolute atomic E-state index is 11.9. The van der Waals surface area contributed by atoms with E-state index in [-0.39, 0.29) is 11.8 Å². The minimum absolute atomic E-state index is 0.137. The maximum atomic E-state index is 11.9. The smallest absolute Gasteiger partial charge is 0.307 e. The summed E-state index contributed by atoms with van der Waals surface area (Å²) < 4.78 is 10.1. The van der Waals surface area contributed by atoms with E-state index < -0.39 is 11.9 Å². The number of methoxy groups -OCH3 is 1. The second kappa shape index (κ2) is 8.87. The second-order valence-corrected chi connectivity index (χ2v) is 4.73. The van der Waals surface area contributed by atoms with Crippen LogP contribution in [0, 0.1) is 11.8 Å². The van der Waals surface area contributed by atoms with Gasteiger partial charge in [-0.05, 0) is 19.3 Å². The van der Waals surface area contributed by atoms with Gasteiger partial charge >= 0.3 is 5.97 Å². The highest BCUT2D eigenvalue weighted by molar-refractivity contribution is 5.85. The summed E-state index contributed by atoms with van der Waals surface area (Å²) in [4.78, 5) is 22.8. The Bertz CT molecular complexity index is 295. The first-order valence-corrected chi connectivity index (χ1v) is 6.74. The van der Waals surface area contributed by atoms with Crippen LogP contribution in [0.2, 0.25) is 0 Å². The molecular weight excluding hydrogens is 250 g/mol.